The Morgan fingerprint density at radius 1 is 1.33 bits per heavy atom. The molecule has 18 heavy (non-hydrogen) atoms. The van der Waals surface area contributed by atoms with Gasteiger partial charge in [-0.05, 0) is 36.5 Å². The fourth-order valence-corrected chi connectivity index (χ4v) is 3.36. The Kier molecular flexibility index (Phi) is 5.43. The van der Waals surface area contributed by atoms with E-state index in [0.29, 0.717) is 17.7 Å². The van der Waals surface area contributed by atoms with Crippen LogP contribution in [0.2, 0.25) is 0 Å². The highest BCUT2D eigenvalue weighted by atomic mass is 32.2. The summed E-state index contributed by atoms with van der Waals surface area (Å²) in [4.78, 5) is 0.414. The topological polar surface area (TPSA) is 34.1 Å². The van der Waals surface area contributed by atoms with Crippen molar-refractivity contribution in [1.29, 1.82) is 0 Å². The van der Waals surface area contributed by atoms with Crippen molar-refractivity contribution in [1.82, 2.24) is 0 Å². The Bertz CT molecular complexity index is 524. The molecule has 0 N–H and O–H groups in total. The van der Waals surface area contributed by atoms with Crippen LogP contribution in [0.4, 0.5) is 0 Å². The molecule has 0 heterocycles. The van der Waals surface area contributed by atoms with Gasteiger partial charge in [0.1, 0.15) is 0 Å². The average Bonchev–Trinajstić information content (AvgIpc) is 2.36. The molecule has 1 aromatic rings. The minimum atomic E-state index is -3.14. The first-order valence-electron chi connectivity index (χ1n) is 6.31. The van der Waals surface area contributed by atoms with E-state index in [-0.39, 0.29) is 11.7 Å². The van der Waals surface area contributed by atoms with Gasteiger partial charge in [0.2, 0.25) is 0 Å². The average molecular weight is 264 g/mol. The lowest BCUT2D eigenvalue weighted by Gasteiger charge is -2.13. The summed E-state index contributed by atoms with van der Waals surface area (Å²) in [5, 5.41) is 0. The molecular weight excluding hydrogens is 244 g/mol. The molecule has 0 bridgehead atoms. The summed E-state index contributed by atoms with van der Waals surface area (Å²) in [6.07, 6.45) is 7.54. The van der Waals surface area contributed by atoms with Crippen molar-refractivity contribution in [3.05, 3.63) is 29.8 Å². The molecule has 0 saturated carbocycles. The van der Waals surface area contributed by atoms with E-state index < -0.39 is 9.84 Å². The fraction of sp³-hybridized carbons (Fsp3) is 0.467. The molecule has 0 saturated heterocycles. The van der Waals surface area contributed by atoms with Crippen molar-refractivity contribution in [2.45, 2.75) is 43.9 Å². The van der Waals surface area contributed by atoms with Crippen molar-refractivity contribution < 1.29 is 8.42 Å². The summed E-state index contributed by atoms with van der Waals surface area (Å²) in [6, 6.07) is 7.20. The minimum absolute atomic E-state index is 0.197. The lowest BCUT2D eigenvalue weighted by atomic mass is 9.94. The molecule has 0 fully saturated rings. The first-order valence-corrected chi connectivity index (χ1v) is 7.96. The van der Waals surface area contributed by atoms with Crippen LogP contribution in [0.1, 0.15) is 44.6 Å². The van der Waals surface area contributed by atoms with E-state index in [1.54, 1.807) is 18.2 Å². The molecule has 1 unspecified atom stereocenters. The largest absolute Gasteiger partial charge is 0.224 e. The molecule has 98 valence electrons. The van der Waals surface area contributed by atoms with Crippen LogP contribution in [0, 0.1) is 12.3 Å². The summed E-state index contributed by atoms with van der Waals surface area (Å²) in [6.45, 7) is 3.93. The van der Waals surface area contributed by atoms with Crippen LogP contribution >= 0.6 is 0 Å². The quantitative estimate of drug-likeness (QED) is 0.738. The first-order chi connectivity index (χ1) is 8.55. The molecule has 3 heteroatoms. The third-order valence-electron chi connectivity index (χ3n) is 3.02. The molecule has 0 aromatic heterocycles. The van der Waals surface area contributed by atoms with Gasteiger partial charge < -0.3 is 0 Å². The van der Waals surface area contributed by atoms with E-state index >= 15 is 0 Å². The molecule has 1 rings (SSSR count). The highest BCUT2D eigenvalue weighted by Gasteiger charge is 2.15. The number of hydrogen-bond acceptors (Lipinski definition) is 2. The van der Waals surface area contributed by atoms with Crippen molar-refractivity contribution in [3.63, 3.8) is 0 Å². The molecule has 0 aliphatic carbocycles. The summed E-state index contributed by atoms with van der Waals surface area (Å²) in [5.74, 6) is 3.09. The van der Waals surface area contributed by atoms with Crippen LogP contribution in [0.3, 0.4) is 0 Å². The van der Waals surface area contributed by atoms with Crippen LogP contribution in [0.15, 0.2) is 29.2 Å². The third-order valence-corrected chi connectivity index (χ3v) is 4.94. The van der Waals surface area contributed by atoms with Crippen molar-refractivity contribution in [3.8, 4) is 12.3 Å². The maximum absolute atomic E-state index is 12.0. The van der Waals surface area contributed by atoms with Gasteiger partial charge >= 0.3 is 0 Å². The molecule has 1 aromatic carbocycles. The number of benzene rings is 1. The van der Waals surface area contributed by atoms with E-state index in [1.165, 1.54) is 0 Å². The van der Waals surface area contributed by atoms with Gasteiger partial charge in [-0.15, -0.1) is 12.3 Å². The zero-order chi connectivity index (χ0) is 13.6. The predicted octanol–water partition coefficient (Wildman–Crippen LogP) is 3.39. The van der Waals surface area contributed by atoms with Gasteiger partial charge in [0.05, 0.1) is 10.6 Å². The predicted molar refractivity (Wildman–Crippen MR) is 75.3 cm³/mol. The van der Waals surface area contributed by atoms with Gasteiger partial charge in [0.15, 0.2) is 9.84 Å². The normalized spacial score (nSPS) is 12.9. The molecule has 0 aliphatic heterocycles. The Balaban J connectivity index is 3.10. The zero-order valence-electron chi connectivity index (χ0n) is 11.0. The van der Waals surface area contributed by atoms with Crippen molar-refractivity contribution >= 4 is 9.84 Å². The number of hydrogen-bond donors (Lipinski definition) is 0. The van der Waals surface area contributed by atoms with Crippen molar-refractivity contribution in [2.75, 3.05) is 5.75 Å². The molecule has 0 spiro atoms. The minimum Gasteiger partial charge on any atom is -0.224 e. The number of rotatable bonds is 6. The fourth-order valence-electron chi connectivity index (χ4n) is 1.99. The first kappa shape index (κ1) is 14.8. The SMILES string of the molecule is C#CCC(CC)c1cccc(S(=O)(=O)CCC)c1. The lowest BCUT2D eigenvalue weighted by Crippen LogP contribution is -2.07. The van der Waals surface area contributed by atoms with E-state index in [4.69, 9.17) is 6.42 Å². The van der Waals surface area contributed by atoms with E-state index in [1.807, 2.05) is 13.0 Å². The molecule has 0 aliphatic rings. The van der Waals surface area contributed by atoms with E-state index in [9.17, 15) is 8.42 Å². The maximum Gasteiger partial charge on any atom is 0.178 e. The highest BCUT2D eigenvalue weighted by molar-refractivity contribution is 7.91. The summed E-state index contributed by atoms with van der Waals surface area (Å²) in [7, 11) is -3.14. The van der Waals surface area contributed by atoms with Crippen LogP contribution in [-0.4, -0.2) is 14.2 Å². The van der Waals surface area contributed by atoms with Crippen molar-refractivity contribution in [2.24, 2.45) is 0 Å². The second-order valence-electron chi connectivity index (χ2n) is 4.40. The smallest absolute Gasteiger partial charge is 0.178 e. The molecule has 2 nitrogen and oxygen atoms in total. The van der Waals surface area contributed by atoms with Crippen LogP contribution in [0.5, 0.6) is 0 Å². The summed E-state index contributed by atoms with van der Waals surface area (Å²) < 4.78 is 24.0. The number of terminal acetylenes is 1. The van der Waals surface area contributed by atoms with Gasteiger partial charge in [0.25, 0.3) is 0 Å². The Morgan fingerprint density at radius 3 is 2.61 bits per heavy atom. The van der Waals surface area contributed by atoms with Gasteiger partial charge in [-0.1, -0.05) is 26.0 Å². The second kappa shape index (κ2) is 6.61. The van der Waals surface area contributed by atoms with Gasteiger partial charge in [-0.2, -0.15) is 0 Å². The molecule has 0 radical (unpaired) electrons. The highest BCUT2D eigenvalue weighted by Crippen LogP contribution is 2.25. The summed E-state index contributed by atoms with van der Waals surface area (Å²) in [5.41, 5.74) is 1.02. The Morgan fingerprint density at radius 2 is 2.06 bits per heavy atom. The second-order valence-corrected chi connectivity index (χ2v) is 6.51. The third kappa shape index (κ3) is 3.61. The summed E-state index contributed by atoms with van der Waals surface area (Å²) >= 11 is 0. The Hall–Kier alpha value is -1.27. The molecule has 0 amide bonds. The van der Waals surface area contributed by atoms with Crippen LogP contribution in [0.25, 0.3) is 0 Å². The monoisotopic (exact) mass is 264 g/mol. The lowest BCUT2D eigenvalue weighted by molar-refractivity contribution is 0.594. The maximum atomic E-state index is 12.0. The molecule has 1 atom stereocenters. The Labute approximate surface area is 110 Å². The molecular formula is C15H20O2S. The standard InChI is InChI=1S/C15H20O2S/c1-4-8-13(6-3)14-9-7-10-15(12-14)18(16,17)11-5-2/h1,7,9-10,12-13H,5-6,8,11H2,2-3H3. The van der Waals surface area contributed by atoms with Crippen LogP contribution in [-0.2, 0) is 9.84 Å². The van der Waals surface area contributed by atoms with E-state index in [0.717, 1.165) is 12.0 Å². The van der Waals surface area contributed by atoms with Gasteiger partial charge in [-0.25, -0.2) is 8.42 Å². The van der Waals surface area contributed by atoms with Gasteiger partial charge in [-0.3, -0.25) is 0 Å². The van der Waals surface area contributed by atoms with E-state index in [2.05, 4.69) is 12.8 Å². The van der Waals surface area contributed by atoms with Gasteiger partial charge in [0, 0.05) is 6.42 Å². The van der Waals surface area contributed by atoms with Crippen LogP contribution < -0.4 is 0 Å². The number of sulfone groups is 1. The zero-order valence-corrected chi connectivity index (χ0v) is 11.8.